The van der Waals surface area contributed by atoms with E-state index in [-0.39, 0.29) is 42.1 Å². The van der Waals surface area contributed by atoms with Gasteiger partial charge >= 0.3 is 0 Å². The van der Waals surface area contributed by atoms with Crippen LogP contribution in [-0.4, -0.2) is 41.7 Å². The van der Waals surface area contributed by atoms with E-state index in [9.17, 15) is 14.9 Å². The van der Waals surface area contributed by atoms with Crippen LogP contribution in [0.3, 0.4) is 0 Å². The molecule has 4 rings (SSSR count). The van der Waals surface area contributed by atoms with Crippen LogP contribution in [0.25, 0.3) is 0 Å². The average molecular weight is 444 g/mol. The zero-order valence-corrected chi connectivity index (χ0v) is 17.6. The summed E-state index contributed by atoms with van der Waals surface area (Å²) in [4.78, 5) is 30.1. The van der Waals surface area contributed by atoms with Gasteiger partial charge in [-0.2, -0.15) is 5.26 Å². The Kier molecular flexibility index (Phi) is 6.73. The summed E-state index contributed by atoms with van der Waals surface area (Å²) in [5.41, 5.74) is 3.26. The van der Waals surface area contributed by atoms with E-state index in [1.807, 2.05) is 19.9 Å². The quantitative estimate of drug-likeness (QED) is 0.779. The Hall–Kier alpha value is -2.82. The molecule has 1 N–H and O–H groups in total. The number of amides is 1. The van der Waals surface area contributed by atoms with Gasteiger partial charge in [-0.15, -0.1) is 0 Å². The molecule has 2 aliphatic rings. The molecule has 0 bridgehead atoms. The van der Waals surface area contributed by atoms with E-state index in [0.29, 0.717) is 48.6 Å². The number of hydrogen-bond donors (Lipinski definition) is 1. The molecule has 0 saturated carbocycles. The van der Waals surface area contributed by atoms with E-state index < -0.39 is 0 Å². The molecule has 0 aliphatic carbocycles. The number of carbonyl (C=O) groups excluding carboxylic acids is 1. The highest BCUT2D eigenvalue weighted by atomic mass is 35.5. The number of pyridine rings is 1. The molecule has 7 nitrogen and oxygen atoms in total. The summed E-state index contributed by atoms with van der Waals surface area (Å²) in [7, 11) is 0. The normalized spacial score (nSPS) is 17.7. The lowest BCUT2D eigenvalue weighted by Crippen LogP contribution is -2.39. The predicted octanol–water partition coefficient (Wildman–Crippen LogP) is 3.52. The third-order valence-electron chi connectivity index (χ3n) is 5.62. The molecule has 164 valence electrons. The van der Waals surface area contributed by atoms with Crippen molar-refractivity contribution in [1.29, 1.82) is 5.26 Å². The first kappa shape index (κ1) is 22.9. The molecule has 8 heteroatoms. The standard InChI is InChI=1S/C22H22ClN3O4.CH4/c1-12-7-13(2)25-21(27)17(12)10-26-5-3-16-14(9-24)8-18(20(23)19(16)22(26)28)30-15-4-6-29-11-15;/h7-8,15H,3-6,10-11H2,1-2H3,(H,25,27);1H4/t15-;/m1./s1. The number of aromatic nitrogens is 1. The minimum Gasteiger partial charge on any atom is -0.486 e. The number of H-pyrrole nitrogens is 1. The summed E-state index contributed by atoms with van der Waals surface area (Å²) in [5.74, 6) is 0.0206. The maximum Gasteiger partial charge on any atom is 0.256 e. The fourth-order valence-electron chi connectivity index (χ4n) is 4.05. The molecule has 0 radical (unpaired) electrons. The molecule has 1 amide bonds. The van der Waals surface area contributed by atoms with Crippen molar-refractivity contribution in [2.45, 2.75) is 46.8 Å². The third kappa shape index (κ3) is 4.32. The second-order valence-corrected chi connectivity index (χ2v) is 8.10. The van der Waals surface area contributed by atoms with E-state index in [0.717, 1.165) is 17.7 Å². The van der Waals surface area contributed by atoms with Gasteiger partial charge in [0.15, 0.2) is 0 Å². The number of halogens is 1. The summed E-state index contributed by atoms with van der Waals surface area (Å²) in [5, 5.41) is 9.82. The second-order valence-electron chi connectivity index (χ2n) is 7.72. The molecule has 2 aliphatic heterocycles. The van der Waals surface area contributed by atoms with Crippen LogP contribution in [0.4, 0.5) is 0 Å². The van der Waals surface area contributed by atoms with Crippen LogP contribution in [0, 0.1) is 25.2 Å². The van der Waals surface area contributed by atoms with Gasteiger partial charge < -0.3 is 19.4 Å². The number of fused-ring (bicyclic) bond motifs is 1. The minimum absolute atomic E-state index is 0. The zero-order valence-electron chi connectivity index (χ0n) is 16.9. The molecular weight excluding hydrogens is 418 g/mol. The van der Waals surface area contributed by atoms with Crippen molar-refractivity contribution in [3.05, 3.63) is 61.0 Å². The summed E-state index contributed by atoms with van der Waals surface area (Å²) in [6.45, 7) is 5.32. The van der Waals surface area contributed by atoms with Crippen molar-refractivity contribution in [3.63, 3.8) is 0 Å². The zero-order chi connectivity index (χ0) is 21.4. The van der Waals surface area contributed by atoms with Gasteiger partial charge in [-0.05, 0) is 43.5 Å². The lowest BCUT2D eigenvalue weighted by Gasteiger charge is -2.30. The second kappa shape index (κ2) is 9.13. The predicted molar refractivity (Wildman–Crippen MR) is 118 cm³/mol. The van der Waals surface area contributed by atoms with Crippen LogP contribution in [0.2, 0.25) is 5.02 Å². The maximum absolute atomic E-state index is 13.3. The van der Waals surface area contributed by atoms with Crippen molar-refractivity contribution in [1.82, 2.24) is 9.88 Å². The number of carbonyl (C=O) groups is 1. The van der Waals surface area contributed by atoms with Crippen molar-refractivity contribution in [2.75, 3.05) is 19.8 Å². The first-order valence-electron chi connectivity index (χ1n) is 9.87. The first-order valence-corrected chi connectivity index (χ1v) is 10.3. The monoisotopic (exact) mass is 443 g/mol. The number of nitrogens with zero attached hydrogens (tertiary/aromatic N) is 2. The Morgan fingerprint density at radius 2 is 2.13 bits per heavy atom. The number of hydrogen-bond acceptors (Lipinski definition) is 5. The Morgan fingerprint density at radius 1 is 1.35 bits per heavy atom. The molecule has 1 saturated heterocycles. The molecule has 1 aromatic heterocycles. The SMILES string of the molecule is C.Cc1cc(C)c(CN2CCc3c(C#N)cc(O[C@@H]4CCOC4)c(Cl)c3C2=O)c(=O)[nH]1. The van der Waals surface area contributed by atoms with Crippen LogP contribution < -0.4 is 10.3 Å². The van der Waals surface area contributed by atoms with E-state index >= 15 is 0 Å². The van der Waals surface area contributed by atoms with Crippen LogP contribution >= 0.6 is 11.6 Å². The molecule has 31 heavy (non-hydrogen) atoms. The summed E-state index contributed by atoms with van der Waals surface area (Å²) >= 11 is 6.59. The largest absolute Gasteiger partial charge is 0.486 e. The van der Waals surface area contributed by atoms with Crippen molar-refractivity contribution >= 4 is 17.5 Å². The molecule has 1 fully saturated rings. The molecule has 0 spiro atoms. The third-order valence-corrected chi connectivity index (χ3v) is 5.99. The number of nitrogens with one attached hydrogen (secondary N) is 1. The van der Waals surface area contributed by atoms with Crippen LogP contribution in [0.5, 0.6) is 5.75 Å². The first-order chi connectivity index (χ1) is 14.4. The Bertz CT molecular complexity index is 1110. The summed E-state index contributed by atoms with van der Waals surface area (Å²) in [6.07, 6.45) is 1.06. The van der Waals surface area contributed by atoms with Gasteiger partial charge in [0.05, 0.1) is 42.0 Å². The van der Waals surface area contributed by atoms with Gasteiger partial charge in [0, 0.05) is 24.2 Å². The van der Waals surface area contributed by atoms with E-state index in [1.54, 1.807) is 11.0 Å². The van der Waals surface area contributed by atoms with Gasteiger partial charge in [-0.1, -0.05) is 19.0 Å². The van der Waals surface area contributed by atoms with Gasteiger partial charge in [-0.3, -0.25) is 9.59 Å². The highest BCUT2D eigenvalue weighted by Gasteiger charge is 2.32. The molecule has 2 aromatic rings. The number of ether oxygens (including phenoxy) is 2. The van der Waals surface area contributed by atoms with Crippen molar-refractivity contribution < 1.29 is 14.3 Å². The van der Waals surface area contributed by atoms with E-state index in [2.05, 4.69) is 11.1 Å². The number of nitriles is 1. The van der Waals surface area contributed by atoms with Crippen LogP contribution in [-0.2, 0) is 17.7 Å². The van der Waals surface area contributed by atoms with Gasteiger partial charge in [-0.25, -0.2) is 0 Å². The smallest absolute Gasteiger partial charge is 0.256 e. The Balaban J connectivity index is 0.00000272. The lowest BCUT2D eigenvalue weighted by molar-refractivity contribution is 0.0725. The Morgan fingerprint density at radius 3 is 2.77 bits per heavy atom. The average Bonchev–Trinajstić information content (AvgIpc) is 3.21. The lowest BCUT2D eigenvalue weighted by atomic mass is 9.93. The Labute approximate surface area is 186 Å². The number of aryl methyl sites for hydroxylation is 2. The molecule has 3 heterocycles. The number of rotatable bonds is 4. The molecular formula is C23H26ClN3O4. The van der Waals surface area contributed by atoms with Crippen molar-refractivity contribution in [3.8, 4) is 11.8 Å². The van der Waals surface area contributed by atoms with Gasteiger partial charge in [0.2, 0.25) is 0 Å². The number of aromatic amines is 1. The number of benzene rings is 1. The van der Waals surface area contributed by atoms with Crippen molar-refractivity contribution in [2.24, 2.45) is 0 Å². The van der Waals surface area contributed by atoms with Gasteiger partial charge in [0.25, 0.3) is 11.5 Å². The summed E-state index contributed by atoms with van der Waals surface area (Å²) < 4.78 is 11.3. The van der Waals surface area contributed by atoms with Crippen LogP contribution in [0.15, 0.2) is 16.9 Å². The minimum atomic E-state index is -0.301. The highest BCUT2D eigenvalue weighted by molar-refractivity contribution is 6.35. The maximum atomic E-state index is 13.3. The fraction of sp³-hybridized carbons (Fsp3) is 0.435. The molecule has 1 atom stereocenters. The molecule has 1 aromatic carbocycles. The fourth-order valence-corrected chi connectivity index (χ4v) is 4.35. The van der Waals surface area contributed by atoms with Gasteiger partial charge in [0.1, 0.15) is 11.9 Å². The molecule has 0 unspecified atom stereocenters. The van der Waals surface area contributed by atoms with E-state index in [4.69, 9.17) is 21.1 Å². The van der Waals surface area contributed by atoms with Crippen LogP contribution in [0.1, 0.15) is 52.2 Å². The van der Waals surface area contributed by atoms with E-state index in [1.165, 1.54) is 0 Å². The summed E-state index contributed by atoms with van der Waals surface area (Å²) in [6, 6.07) is 5.65. The highest BCUT2D eigenvalue weighted by Crippen LogP contribution is 2.38. The topological polar surface area (TPSA) is 95.4 Å².